The van der Waals surface area contributed by atoms with E-state index >= 15 is 0 Å². The van der Waals surface area contributed by atoms with Gasteiger partial charge in [0, 0.05) is 6.04 Å². The van der Waals surface area contributed by atoms with E-state index in [2.05, 4.69) is 60.2 Å². The van der Waals surface area contributed by atoms with Gasteiger partial charge in [0.1, 0.15) is 5.75 Å². The lowest BCUT2D eigenvalue weighted by molar-refractivity contribution is 0.267. The van der Waals surface area contributed by atoms with E-state index in [1.54, 1.807) is 0 Å². The van der Waals surface area contributed by atoms with Crippen LogP contribution >= 0.6 is 15.9 Å². The molecule has 1 atom stereocenters. The van der Waals surface area contributed by atoms with Gasteiger partial charge in [0.05, 0.1) is 11.1 Å². The summed E-state index contributed by atoms with van der Waals surface area (Å²) < 4.78 is 7.02. The zero-order chi connectivity index (χ0) is 15.3. The second-order valence-electron chi connectivity index (χ2n) is 6.67. The van der Waals surface area contributed by atoms with Crippen LogP contribution in [0.15, 0.2) is 22.7 Å². The molecule has 1 fully saturated rings. The van der Waals surface area contributed by atoms with Gasteiger partial charge >= 0.3 is 0 Å². The number of hydrogen-bond donors (Lipinski definition) is 1. The van der Waals surface area contributed by atoms with Crippen LogP contribution in [0.25, 0.3) is 0 Å². The highest BCUT2D eigenvalue weighted by Crippen LogP contribution is 2.33. The molecule has 1 aromatic carbocycles. The summed E-state index contributed by atoms with van der Waals surface area (Å²) in [5.74, 6) is 0.960. The molecule has 0 bridgehead atoms. The summed E-state index contributed by atoms with van der Waals surface area (Å²) in [5, 5.41) is 3.56. The van der Waals surface area contributed by atoms with Gasteiger partial charge in [-0.25, -0.2) is 0 Å². The number of benzene rings is 1. The van der Waals surface area contributed by atoms with E-state index in [1.807, 2.05) is 0 Å². The lowest BCUT2D eigenvalue weighted by Crippen LogP contribution is -2.35. The van der Waals surface area contributed by atoms with Gasteiger partial charge in [0.2, 0.25) is 0 Å². The van der Waals surface area contributed by atoms with Gasteiger partial charge in [-0.1, -0.05) is 33.3 Å². The third-order valence-electron chi connectivity index (χ3n) is 4.73. The van der Waals surface area contributed by atoms with Crippen molar-refractivity contribution in [3.8, 4) is 5.75 Å². The molecular weight excluding hydrogens is 326 g/mol. The maximum Gasteiger partial charge on any atom is 0.133 e. The first-order chi connectivity index (χ1) is 10.0. The van der Waals surface area contributed by atoms with E-state index < -0.39 is 0 Å². The van der Waals surface area contributed by atoms with Crippen LogP contribution in [0.5, 0.6) is 5.75 Å². The molecule has 1 heterocycles. The number of hydrogen-bond acceptors (Lipinski definition) is 2. The molecule has 0 radical (unpaired) electrons. The van der Waals surface area contributed by atoms with Crippen LogP contribution in [0.4, 0.5) is 0 Å². The van der Waals surface area contributed by atoms with Crippen LogP contribution < -0.4 is 10.1 Å². The van der Waals surface area contributed by atoms with E-state index in [-0.39, 0.29) is 5.41 Å². The molecule has 1 aromatic rings. The highest BCUT2D eigenvalue weighted by molar-refractivity contribution is 9.10. The molecule has 3 heteroatoms. The molecule has 118 valence electrons. The van der Waals surface area contributed by atoms with Crippen molar-refractivity contribution in [3.63, 3.8) is 0 Å². The molecule has 1 aliphatic rings. The smallest absolute Gasteiger partial charge is 0.133 e. The third kappa shape index (κ3) is 4.72. The van der Waals surface area contributed by atoms with Crippen LogP contribution in [0, 0.1) is 0 Å². The highest BCUT2D eigenvalue weighted by atomic mass is 79.9. The van der Waals surface area contributed by atoms with E-state index in [1.165, 1.54) is 24.8 Å². The Morgan fingerprint density at radius 1 is 1.33 bits per heavy atom. The number of nitrogens with one attached hydrogen (secondary N) is 1. The first-order valence-corrected chi connectivity index (χ1v) is 8.98. The zero-order valence-electron chi connectivity index (χ0n) is 13.5. The van der Waals surface area contributed by atoms with Gasteiger partial charge in [0.25, 0.3) is 0 Å². The molecule has 1 saturated heterocycles. The van der Waals surface area contributed by atoms with Crippen molar-refractivity contribution in [2.75, 3.05) is 13.2 Å². The first-order valence-electron chi connectivity index (χ1n) is 8.19. The maximum atomic E-state index is 5.95. The molecule has 2 nitrogen and oxygen atoms in total. The summed E-state index contributed by atoms with van der Waals surface area (Å²) in [6.07, 6.45) is 6.18. The van der Waals surface area contributed by atoms with Gasteiger partial charge in [-0.15, -0.1) is 0 Å². The van der Waals surface area contributed by atoms with Crippen LogP contribution in [0.1, 0.15) is 58.4 Å². The standard InChI is InChI=1S/C18H28BrNO/c1-4-18(2,3)14-8-9-17(16(19)13-14)21-12-10-15-7-5-6-11-20-15/h8-9,13,15,20H,4-7,10-12H2,1-3H3. The predicted octanol–water partition coefficient (Wildman–Crippen LogP) is 5.05. The molecule has 1 aliphatic heterocycles. The Bertz CT molecular complexity index is 453. The van der Waals surface area contributed by atoms with Gasteiger partial charge in [0.15, 0.2) is 0 Å². The quantitative estimate of drug-likeness (QED) is 0.772. The van der Waals surface area contributed by atoms with Crippen molar-refractivity contribution in [2.24, 2.45) is 0 Å². The molecular formula is C18H28BrNO. The number of halogens is 1. The Morgan fingerprint density at radius 2 is 2.14 bits per heavy atom. The van der Waals surface area contributed by atoms with Crippen molar-refractivity contribution >= 4 is 15.9 Å². The summed E-state index contributed by atoms with van der Waals surface area (Å²) in [4.78, 5) is 0. The van der Waals surface area contributed by atoms with Crippen molar-refractivity contribution in [1.29, 1.82) is 0 Å². The Balaban J connectivity index is 1.89. The summed E-state index contributed by atoms with van der Waals surface area (Å²) in [7, 11) is 0. The molecule has 2 rings (SSSR count). The Hall–Kier alpha value is -0.540. The fourth-order valence-electron chi connectivity index (χ4n) is 2.72. The van der Waals surface area contributed by atoms with Crippen molar-refractivity contribution < 1.29 is 4.74 Å². The summed E-state index contributed by atoms with van der Waals surface area (Å²) in [5.41, 5.74) is 1.57. The topological polar surface area (TPSA) is 21.3 Å². The van der Waals surface area contributed by atoms with Gasteiger partial charge in [-0.05, 0) is 71.3 Å². The van der Waals surface area contributed by atoms with E-state index in [0.717, 1.165) is 36.2 Å². The Morgan fingerprint density at radius 3 is 2.76 bits per heavy atom. The third-order valence-corrected chi connectivity index (χ3v) is 5.35. The average molecular weight is 354 g/mol. The Kier molecular flexibility index (Phi) is 6.12. The molecule has 1 unspecified atom stereocenters. The fraction of sp³-hybridized carbons (Fsp3) is 0.667. The first kappa shape index (κ1) is 16.8. The zero-order valence-corrected chi connectivity index (χ0v) is 15.1. The van der Waals surface area contributed by atoms with Crippen LogP contribution in [0.2, 0.25) is 0 Å². The summed E-state index contributed by atoms with van der Waals surface area (Å²) in [6.45, 7) is 8.74. The minimum atomic E-state index is 0.215. The van der Waals surface area contributed by atoms with Crippen molar-refractivity contribution in [2.45, 2.75) is 64.3 Å². The van der Waals surface area contributed by atoms with Crippen LogP contribution in [-0.4, -0.2) is 19.2 Å². The van der Waals surface area contributed by atoms with Crippen molar-refractivity contribution in [3.05, 3.63) is 28.2 Å². The van der Waals surface area contributed by atoms with Crippen molar-refractivity contribution in [1.82, 2.24) is 5.32 Å². The largest absolute Gasteiger partial charge is 0.492 e. The SMILES string of the molecule is CCC(C)(C)c1ccc(OCCC2CCCCN2)c(Br)c1. The minimum absolute atomic E-state index is 0.215. The predicted molar refractivity (Wildman–Crippen MR) is 93.2 cm³/mol. The molecule has 0 aromatic heterocycles. The lowest BCUT2D eigenvalue weighted by Gasteiger charge is -2.25. The summed E-state index contributed by atoms with van der Waals surface area (Å²) in [6, 6.07) is 7.14. The molecule has 21 heavy (non-hydrogen) atoms. The molecule has 1 N–H and O–H groups in total. The summed E-state index contributed by atoms with van der Waals surface area (Å²) >= 11 is 3.65. The average Bonchev–Trinajstić information content (AvgIpc) is 2.50. The second-order valence-corrected chi connectivity index (χ2v) is 7.52. The Labute approximate surface area is 137 Å². The van der Waals surface area contributed by atoms with E-state index in [9.17, 15) is 0 Å². The van der Waals surface area contributed by atoms with E-state index in [4.69, 9.17) is 4.74 Å². The molecule has 0 aliphatic carbocycles. The van der Waals surface area contributed by atoms with E-state index in [0.29, 0.717) is 6.04 Å². The number of rotatable bonds is 6. The van der Waals surface area contributed by atoms with Gasteiger partial charge in [-0.2, -0.15) is 0 Å². The van der Waals surface area contributed by atoms with Gasteiger partial charge < -0.3 is 10.1 Å². The molecule has 0 spiro atoms. The maximum absolute atomic E-state index is 5.95. The number of ether oxygens (including phenoxy) is 1. The molecule has 0 amide bonds. The normalized spacial score (nSPS) is 19.5. The number of piperidine rings is 1. The van der Waals surface area contributed by atoms with Crippen LogP contribution in [0.3, 0.4) is 0 Å². The lowest BCUT2D eigenvalue weighted by atomic mass is 9.82. The highest BCUT2D eigenvalue weighted by Gasteiger charge is 2.19. The molecule has 0 saturated carbocycles. The minimum Gasteiger partial charge on any atom is -0.492 e. The van der Waals surface area contributed by atoms with Gasteiger partial charge in [-0.3, -0.25) is 0 Å². The fourth-order valence-corrected chi connectivity index (χ4v) is 3.22. The monoisotopic (exact) mass is 353 g/mol. The second kappa shape index (κ2) is 7.64. The van der Waals surface area contributed by atoms with Crippen LogP contribution in [-0.2, 0) is 5.41 Å².